The fourth-order valence-corrected chi connectivity index (χ4v) is 2.34. The Bertz CT molecular complexity index is 204. The van der Waals surface area contributed by atoms with Gasteiger partial charge in [0, 0.05) is 19.6 Å². The van der Waals surface area contributed by atoms with Crippen LogP contribution < -0.4 is 0 Å². The highest BCUT2D eigenvalue weighted by Gasteiger charge is 2.19. The second-order valence-electron chi connectivity index (χ2n) is 4.73. The normalized spacial score (nSPS) is 21.6. The fourth-order valence-electron chi connectivity index (χ4n) is 2.34. The number of ketones is 1. The predicted molar refractivity (Wildman–Crippen MR) is 68.2 cm³/mol. The van der Waals surface area contributed by atoms with Crippen LogP contribution in [0.2, 0.25) is 0 Å². The van der Waals surface area contributed by atoms with E-state index in [1.807, 2.05) is 6.92 Å². The van der Waals surface area contributed by atoms with Crippen molar-refractivity contribution >= 4 is 5.78 Å². The minimum Gasteiger partial charge on any atom is -0.378 e. The van der Waals surface area contributed by atoms with Crippen LogP contribution in [-0.2, 0) is 14.3 Å². The molecule has 0 amide bonds. The van der Waals surface area contributed by atoms with Crippen molar-refractivity contribution in [3.8, 4) is 0 Å². The molecular formula is C14H26O3. The van der Waals surface area contributed by atoms with Gasteiger partial charge in [0.2, 0.25) is 0 Å². The highest BCUT2D eigenvalue weighted by atomic mass is 16.5. The van der Waals surface area contributed by atoms with Gasteiger partial charge < -0.3 is 9.47 Å². The molecule has 0 bridgehead atoms. The van der Waals surface area contributed by atoms with Crippen LogP contribution in [-0.4, -0.2) is 31.2 Å². The van der Waals surface area contributed by atoms with Crippen molar-refractivity contribution in [2.45, 2.75) is 71.0 Å². The average molecular weight is 242 g/mol. The zero-order valence-corrected chi connectivity index (χ0v) is 11.2. The Hall–Kier alpha value is -0.410. The summed E-state index contributed by atoms with van der Waals surface area (Å²) in [5.41, 5.74) is 0. The van der Waals surface area contributed by atoms with Gasteiger partial charge in [-0.05, 0) is 39.0 Å². The minimum atomic E-state index is -0.172. The summed E-state index contributed by atoms with van der Waals surface area (Å²) in [7, 11) is 0. The molecule has 1 saturated heterocycles. The molecule has 0 radical (unpaired) electrons. The lowest BCUT2D eigenvalue weighted by atomic mass is 10.0. The van der Waals surface area contributed by atoms with Crippen LogP contribution >= 0.6 is 0 Å². The Morgan fingerprint density at radius 2 is 2.29 bits per heavy atom. The molecule has 3 nitrogen and oxygen atoms in total. The van der Waals surface area contributed by atoms with Gasteiger partial charge >= 0.3 is 0 Å². The lowest BCUT2D eigenvalue weighted by molar-refractivity contribution is -0.130. The summed E-state index contributed by atoms with van der Waals surface area (Å²) in [5.74, 6) is 0.270. The van der Waals surface area contributed by atoms with Gasteiger partial charge in [-0.3, -0.25) is 4.79 Å². The van der Waals surface area contributed by atoms with Gasteiger partial charge in [0.05, 0.1) is 6.10 Å². The third-order valence-electron chi connectivity index (χ3n) is 3.25. The van der Waals surface area contributed by atoms with Crippen LogP contribution in [0.15, 0.2) is 0 Å². The third-order valence-corrected chi connectivity index (χ3v) is 3.25. The van der Waals surface area contributed by atoms with E-state index in [0.717, 1.165) is 38.7 Å². The van der Waals surface area contributed by atoms with Gasteiger partial charge in [0.25, 0.3) is 0 Å². The average Bonchev–Trinajstić information content (AvgIpc) is 2.81. The Morgan fingerprint density at radius 1 is 1.47 bits per heavy atom. The third kappa shape index (κ3) is 5.64. The molecule has 3 heteroatoms. The van der Waals surface area contributed by atoms with Crippen LogP contribution in [0.25, 0.3) is 0 Å². The van der Waals surface area contributed by atoms with Crippen molar-refractivity contribution in [3.05, 3.63) is 0 Å². The van der Waals surface area contributed by atoms with E-state index in [9.17, 15) is 4.79 Å². The molecule has 17 heavy (non-hydrogen) atoms. The number of carbonyl (C=O) groups is 1. The van der Waals surface area contributed by atoms with E-state index >= 15 is 0 Å². The first-order valence-electron chi connectivity index (χ1n) is 7.03. The highest BCUT2D eigenvalue weighted by molar-refractivity contribution is 5.83. The number of ether oxygens (including phenoxy) is 2. The van der Waals surface area contributed by atoms with E-state index in [-0.39, 0.29) is 11.9 Å². The summed E-state index contributed by atoms with van der Waals surface area (Å²) < 4.78 is 11.0. The minimum absolute atomic E-state index is 0.172. The number of hydrogen-bond acceptors (Lipinski definition) is 3. The summed E-state index contributed by atoms with van der Waals surface area (Å²) in [6.45, 7) is 5.56. The molecule has 1 heterocycles. The standard InChI is InChI=1S/C14H26O3/c1-3-7-14(16-4-2)13(15)10-5-8-12-9-6-11-17-12/h12,14H,3-11H2,1-2H3. The first-order valence-corrected chi connectivity index (χ1v) is 7.03. The number of rotatable bonds is 9. The van der Waals surface area contributed by atoms with E-state index < -0.39 is 0 Å². The molecule has 0 spiro atoms. The zero-order valence-electron chi connectivity index (χ0n) is 11.2. The van der Waals surface area contributed by atoms with Gasteiger partial charge in [0.1, 0.15) is 6.10 Å². The van der Waals surface area contributed by atoms with E-state index in [1.165, 1.54) is 6.42 Å². The van der Waals surface area contributed by atoms with E-state index in [1.54, 1.807) is 0 Å². The molecule has 0 aliphatic carbocycles. The SMILES string of the molecule is CCCC(OCC)C(=O)CCCC1CCCO1. The fraction of sp³-hybridized carbons (Fsp3) is 0.929. The zero-order chi connectivity index (χ0) is 12.5. The van der Waals surface area contributed by atoms with Gasteiger partial charge in [-0.25, -0.2) is 0 Å². The maximum absolute atomic E-state index is 11.9. The van der Waals surface area contributed by atoms with E-state index in [4.69, 9.17) is 9.47 Å². The van der Waals surface area contributed by atoms with Crippen molar-refractivity contribution in [1.29, 1.82) is 0 Å². The molecule has 2 atom stereocenters. The van der Waals surface area contributed by atoms with Crippen molar-refractivity contribution in [2.24, 2.45) is 0 Å². The maximum Gasteiger partial charge on any atom is 0.161 e. The molecule has 100 valence electrons. The Morgan fingerprint density at radius 3 is 2.88 bits per heavy atom. The molecular weight excluding hydrogens is 216 g/mol. The molecule has 2 unspecified atom stereocenters. The second-order valence-corrected chi connectivity index (χ2v) is 4.73. The second kappa shape index (κ2) is 8.65. The molecule has 0 N–H and O–H groups in total. The first-order chi connectivity index (χ1) is 8.27. The van der Waals surface area contributed by atoms with Gasteiger partial charge in [-0.15, -0.1) is 0 Å². The maximum atomic E-state index is 11.9. The highest BCUT2D eigenvalue weighted by Crippen LogP contribution is 2.18. The molecule has 0 aromatic rings. The molecule has 0 saturated carbocycles. The van der Waals surface area contributed by atoms with Crippen LogP contribution in [0, 0.1) is 0 Å². The molecule has 0 aromatic carbocycles. The quantitative estimate of drug-likeness (QED) is 0.623. The summed E-state index contributed by atoms with van der Waals surface area (Å²) in [5, 5.41) is 0. The van der Waals surface area contributed by atoms with E-state index in [2.05, 4.69) is 6.92 Å². The molecule has 1 aliphatic rings. The predicted octanol–water partition coefficient (Wildman–Crippen LogP) is 3.11. The Labute approximate surface area is 105 Å². The number of carbonyl (C=O) groups excluding carboxylic acids is 1. The van der Waals surface area contributed by atoms with Crippen LogP contribution in [0.3, 0.4) is 0 Å². The molecule has 1 rings (SSSR count). The van der Waals surface area contributed by atoms with Crippen molar-refractivity contribution < 1.29 is 14.3 Å². The van der Waals surface area contributed by atoms with Gasteiger partial charge in [-0.1, -0.05) is 13.3 Å². The number of Topliss-reactive ketones (excluding diaryl/α,β-unsaturated/α-hetero) is 1. The summed E-state index contributed by atoms with van der Waals surface area (Å²) >= 11 is 0. The topological polar surface area (TPSA) is 35.5 Å². The lowest BCUT2D eigenvalue weighted by Crippen LogP contribution is -2.24. The van der Waals surface area contributed by atoms with Crippen molar-refractivity contribution in [2.75, 3.05) is 13.2 Å². The lowest BCUT2D eigenvalue weighted by Gasteiger charge is -2.15. The Balaban J connectivity index is 2.16. The first kappa shape index (κ1) is 14.7. The summed E-state index contributed by atoms with van der Waals surface area (Å²) in [4.78, 5) is 11.9. The summed E-state index contributed by atoms with van der Waals surface area (Å²) in [6.07, 6.45) is 7.04. The van der Waals surface area contributed by atoms with Crippen molar-refractivity contribution in [3.63, 3.8) is 0 Å². The van der Waals surface area contributed by atoms with Crippen LogP contribution in [0.4, 0.5) is 0 Å². The van der Waals surface area contributed by atoms with Gasteiger partial charge in [-0.2, -0.15) is 0 Å². The molecule has 0 aromatic heterocycles. The Kier molecular flexibility index (Phi) is 7.45. The van der Waals surface area contributed by atoms with Crippen LogP contribution in [0.1, 0.15) is 58.8 Å². The largest absolute Gasteiger partial charge is 0.378 e. The monoisotopic (exact) mass is 242 g/mol. The smallest absolute Gasteiger partial charge is 0.161 e. The summed E-state index contributed by atoms with van der Waals surface area (Å²) in [6, 6.07) is 0. The van der Waals surface area contributed by atoms with Gasteiger partial charge in [0.15, 0.2) is 5.78 Å². The van der Waals surface area contributed by atoms with Crippen molar-refractivity contribution in [1.82, 2.24) is 0 Å². The van der Waals surface area contributed by atoms with Crippen LogP contribution in [0.5, 0.6) is 0 Å². The molecule has 1 fully saturated rings. The number of hydrogen-bond donors (Lipinski definition) is 0. The van der Waals surface area contributed by atoms with E-state index in [0.29, 0.717) is 19.1 Å². The molecule has 1 aliphatic heterocycles.